The second-order valence-corrected chi connectivity index (χ2v) is 5.27. The van der Waals surface area contributed by atoms with Gasteiger partial charge in [-0.2, -0.15) is 0 Å². The quantitative estimate of drug-likeness (QED) is 0.832. The van der Waals surface area contributed by atoms with Gasteiger partial charge in [-0.05, 0) is 24.6 Å². The minimum absolute atomic E-state index is 0.00582. The van der Waals surface area contributed by atoms with Crippen LogP contribution in [0.3, 0.4) is 0 Å². The van der Waals surface area contributed by atoms with Crippen molar-refractivity contribution in [1.29, 1.82) is 0 Å². The third-order valence-electron chi connectivity index (χ3n) is 3.87. The molecule has 0 bridgehead atoms. The first-order valence-electron chi connectivity index (χ1n) is 6.66. The molecule has 0 saturated carbocycles. The van der Waals surface area contributed by atoms with E-state index < -0.39 is 5.82 Å². The zero-order valence-corrected chi connectivity index (χ0v) is 11.2. The van der Waals surface area contributed by atoms with E-state index in [0.717, 1.165) is 5.56 Å². The van der Waals surface area contributed by atoms with Gasteiger partial charge in [0, 0.05) is 26.2 Å². The van der Waals surface area contributed by atoms with Crippen LogP contribution >= 0.6 is 0 Å². The summed E-state index contributed by atoms with van der Waals surface area (Å²) in [5.41, 5.74) is 0.885. The molecule has 2 aliphatic heterocycles. The van der Waals surface area contributed by atoms with Crippen LogP contribution in [0.4, 0.5) is 9.18 Å². The Labute approximate surface area is 116 Å². The largest absolute Gasteiger partial charge is 0.336 e. The van der Waals surface area contributed by atoms with Gasteiger partial charge in [-0.3, -0.25) is 4.79 Å². The SMILES string of the molecule is Cc1ccc(C(=O)N2CCN3C(=O)NCC3C2)c(F)c1. The maximum absolute atomic E-state index is 13.9. The molecule has 3 amide bonds. The monoisotopic (exact) mass is 277 g/mol. The summed E-state index contributed by atoms with van der Waals surface area (Å²) < 4.78 is 13.9. The van der Waals surface area contributed by atoms with Gasteiger partial charge in [0.25, 0.3) is 5.91 Å². The molecular formula is C14H16FN3O2. The number of hydrogen-bond donors (Lipinski definition) is 1. The van der Waals surface area contributed by atoms with E-state index in [1.54, 1.807) is 22.8 Å². The van der Waals surface area contributed by atoms with E-state index >= 15 is 0 Å². The van der Waals surface area contributed by atoms with Crippen LogP contribution in [0.25, 0.3) is 0 Å². The van der Waals surface area contributed by atoms with Crippen molar-refractivity contribution in [2.45, 2.75) is 13.0 Å². The van der Waals surface area contributed by atoms with Gasteiger partial charge in [-0.15, -0.1) is 0 Å². The lowest BCUT2D eigenvalue weighted by molar-refractivity contribution is 0.0612. The van der Waals surface area contributed by atoms with Crippen molar-refractivity contribution in [2.24, 2.45) is 0 Å². The Bertz CT molecular complexity index is 576. The topological polar surface area (TPSA) is 52.7 Å². The Kier molecular flexibility index (Phi) is 3.08. The second kappa shape index (κ2) is 4.77. The van der Waals surface area contributed by atoms with E-state index in [1.165, 1.54) is 12.1 Å². The lowest BCUT2D eigenvalue weighted by Gasteiger charge is -2.36. The average molecular weight is 277 g/mol. The molecule has 1 atom stereocenters. The highest BCUT2D eigenvalue weighted by molar-refractivity contribution is 5.94. The highest BCUT2D eigenvalue weighted by atomic mass is 19.1. The smallest absolute Gasteiger partial charge is 0.317 e. The average Bonchev–Trinajstić information content (AvgIpc) is 2.79. The van der Waals surface area contributed by atoms with Crippen molar-refractivity contribution in [3.05, 3.63) is 35.1 Å². The van der Waals surface area contributed by atoms with Crippen LogP contribution in [0.5, 0.6) is 0 Å². The number of urea groups is 1. The molecule has 1 N–H and O–H groups in total. The Morgan fingerprint density at radius 2 is 2.20 bits per heavy atom. The molecule has 1 unspecified atom stereocenters. The van der Waals surface area contributed by atoms with Crippen LogP contribution in [0.1, 0.15) is 15.9 Å². The summed E-state index contributed by atoms with van der Waals surface area (Å²) in [4.78, 5) is 27.2. The molecule has 106 valence electrons. The molecule has 2 saturated heterocycles. The summed E-state index contributed by atoms with van der Waals surface area (Å²) in [7, 11) is 0. The number of fused-ring (bicyclic) bond motifs is 1. The number of carbonyl (C=O) groups is 2. The minimum Gasteiger partial charge on any atom is -0.336 e. The highest BCUT2D eigenvalue weighted by Gasteiger charge is 2.37. The number of carbonyl (C=O) groups excluding carboxylic acids is 2. The Morgan fingerprint density at radius 3 is 2.95 bits per heavy atom. The Morgan fingerprint density at radius 1 is 1.40 bits per heavy atom. The molecule has 0 aromatic heterocycles. The van der Waals surface area contributed by atoms with Crippen LogP contribution in [0.2, 0.25) is 0 Å². The van der Waals surface area contributed by atoms with Gasteiger partial charge in [-0.25, -0.2) is 9.18 Å². The van der Waals surface area contributed by atoms with Gasteiger partial charge in [0.2, 0.25) is 0 Å². The minimum atomic E-state index is -0.488. The third kappa shape index (κ3) is 2.11. The zero-order valence-electron chi connectivity index (χ0n) is 11.2. The summed E-state index contributed by atoms with van der Waals surface area (Å²) in [6.45, 7) is 3.71. The van der Waals surface area contributed by atoms with Crippen molar-refractivity contribution in [3.8, 4) is 0 Å². The predicted molar refractivity (Wildman–Crippen MR) is 70.9 cm³/mol. The fourth-order valence-corrected chi connectivity index (χ4v) is 2.75. The number of nitrogens with one attached hydrogen (secondary N) is 1. The maximum atomic E-state index is 13.9. The van der Waals surface area contributed by atoms with E-state index in [0.29, 0.717) is 26.2 Å². The summed E-state index contributed by atoms with van der Waals surface area (Å²) in [5.74, 6) is -0.792. The number of rotatable bonds is 1. The number of benzene rings is 1. The molecule has 0 radical (unpaired) electrons. The number of halogens is 1. The maximum Gasteiger partial charge on any atom is 0.317 e. The molecule has 1 aromatic carbocycles. The number of hydrogen-bond acceptors (Lipinski definition) is 2. The van der Waals surface area contributed by atoms with E-state index in [-0.39, 0.29) is 23.5 Å². The highest BCUT2D eigenvalue weighted by Crippen LogP contribution is 2.18. The summed E-state index contributed by atoms with van der Waals surface area (Å²) in [5, 5.41) is 2.75. The summed E-state index contributed by atoms with van der Waals surface area (Å²) in [6.07, 6.45) is 0. The van der Waals surface area contributed by atoms with E-state index in [4.69, 9.17) is 0 Å². The number of piperazine rings is 1. The normalized spacial score (nSPS) is 21.7. The van der Waals surface area contributed by atoms with Crippen LogP contribution < -0.4 is 5.32 Å². The van der Waals surface area contributed by atoms with Gasteiger partial charge < -0.3 is 15.1 Å². The van der Waals surface area contributed by atoms with E-state index in [1.807, 2.05) is 0 Å². The fraction of sp³-hybridized carbons (Fsp3) is 0.429. The van der Waals surface area contributed by atoms with Crippen molar-refractivity contribution in [1.82, 2.24) is 15.1 Å². The van der Waals surface area contributed by atoms with Crippen molar-refractivity contribution in [3.63, 3.8) is 0 Å². The molecule has 2 fully saturated rings. The van der Waals surface area contributed by atoms with Crippen LogP contribution in [-0.2, 0) is 0 Å². The van der Waals surface area contributed by atoms with Crippen LogP contribution in [0.15, 0.2) is 18.2 Å². The van der Waals surface area contributed by atoms with Gasteiger partial charge >= 0.3 is 6.03 Å². The first-order valence-corrected chi connectivity index (χ1v) is 6.66. The van der Waals surface area contributed by atoms with Crippen LogP contribution in [-0.4, -0.2) is 54.0 Å². The first kappa shape index (κ1) is 12.9. The standard InChI is InChI=1S/C14H16FN3O2/c1-9-2-3-11(12(15)6-9)13(19)17-4-5-18-10(8-17)7-16-14(18)20/h2-3,6,10H,4-5,7-8H2,1H3,(H,16,20). The van der Waals surface area contributed by atoms with Crippen molar-refractivity contribution in [2.75, 3.05) is 26.2 Å². The molecule has 0 aliphatic carbocycles. The van der Waals surface area contributed by atoms with Gasteiger partial charge in [0.15, 0.2) is 0 Å². The number of nitrogens with zero attached hydrogens (tertiary/aromatic N) is 2. The summed E-state index contributed by atoms with van der Waals surface area (Å²) in [6, 6.07) is 4.53. The molecular weight excluding hydrogens is 261 g/mol. The number of aryl methyl sites for hydroxylation is 1. The lowest BCUT2D eigenvalue weighted by Crippen LogP contribution is -2.53. The zero-order chi connectivity index (χ0) is 14.3. The molecule has 2 aliphatic rings. The van der Waals surface area contributed by atoms with E-state index in [9.17, 15) is 14.0 Å². The molecule has 6 heteroatoms. The molecule has 5 nitrogen and oxygen atoms in total. The molecule has 2 heterocycles. The fourth-order valence-electron chi connectivity index (χ4n) is 2.75. The lowest BCUT2D eigenvalue weighted by atomic mass is 10.1. The first-order chi connectivity index (χ1) is 9.56. The third-order valence-corrected chi connectivity index (χ3v) is 3.87. The molecule has 20 heavy (non-hydrogen) atoms. The van der Waals surface area contributed by atoms with E-state index in [2.05, 4.69) is 5.32 Å². The van der Waals surface area contributed by atoms with Gasteiger partial charge in [0.05, 0.1) is 11.6 Å². The van der Waals surface area contributed by atoms with Gasteiger partial charge in [0.1, 0.15) is 5.82 Å². The van der Waals surface area contributed by atoms with Crippen LogP contribution in [0, 0.1) is 12.7 Å². The van der Waals surface area contributed by atoms with Gasteiger partial charge in [-0.1, -0.05) is 6.07 Å². The van der Waals surface area contributed by atoms with Crippen molar-refractivity contribution >= 4 is 11.9 Å². The Hall–Kier alpha value is -2.11. The molecule has 1 aromatic rings. The number of amides is 3. The second-order valence-electron chi connectivity index (χ2n) is 5.27. The molecule has 3 rings (SSSR count). The predicted octanol–water partition coefficient (Wildman–Crippen LogP) is 0.984. The Balaban J connectivity index is 1.77. The van der Waals surface area contributed by atoms with Crippen molar-refractivity contribution < 1.29 is 14.0 Å². The molecule has 0 spiro atoms. The summed E-state index contributed by atoms with van der Waals surface area (Å²) >= 11 is 0.